The Bertz CT molecular complexity index is 1130. The molecular weight excluding hydrogens is 326 g/mol. The quantitative estimate of drug-likeness (QED) is 0.471. The van der Waals surface area contributed by atoms with E-state index in [4.69, 9.17) is 9.15 Å². The molecule has 0 spiro atoms. The Morgan fingerprint density at radius 2 is 1.62 bits per heavy atom. The van der Waals surface area contributed by atoms with Crippen LogP contribution in [-0.2, 0) is 0 Å². The van der Waals surface area contributed by atoms with Crippen molar-refractivity contribution in [2.24, 2.45) is 4.99 Å². The molecule has 0 fully saturated rings. The van der Waals surface area contributed by atoms with E-state index < -0.39 is 0 Å². The lowest BCUT2D eigenvalue weighted by Crippen LogP contribution is -2.07. The maximum atomic E-state index is 12.5. The smallest absolute Gasteiger partial charge is 0.201 e. The molecule has 0 aliphatic heterocycles. The normalized spacial score (nSPS) is 11.1. The van der Waals surface area contributed by atoms with E-state index in [-0.39, 0.29) is 5.43 Å². The first kappa shape index (κ1) is 15.8. The topological polar surface area (TPSA) is 51.8 Å². The second kappa shape index (κ2) is 7.07. The van der Waals surface area contributed by atoms with E-state index in [9.17, 15) is 4.79 Å². The molecule has 0 radical (unpaired) electrons. The van der Waals surface area contributed by atoms with Crippen LogP contribution in [0.25, 0.3) is 11.0 Å². The fourth-order valence-corrected chi connectivity index (χ4v) is 2.58. The molecule has 0 bridgehead atoms. The highest BCUT2D eigenvalue weighted by atomic mass is 16.5. The van der Waals surface area contributed by atoms with Crippen LogP contribution in [0, 0.1) is 0 Å². The molecule has 4 heteroatoms. The molecule has 4 aromatic rings. The van der Waals surface area contributed by atoms with Crippen molar-refractivity contribution in [1.82, 2.24) is 0 Å². The average Bonchev–Trinajstić information content (AvgIpc) is 2.69. The van der Waals surface area contributed by atoms with Crippen LogP contribution < -0.4 is 10.2 Å². The third-order valence-electron chi connectivity index (χ3n) is 3.86. The Morgan fingerprint density at radius 1 is 0.846 bits per heavy atom. The van der Waals surface area contributed by atoms with E-state index in [1.807, 2.05) is 66.7 Å². The number of hydrogen-bond donors (Lipinski definition) is 0. The van der Waals surface area contributed by atoms with Gasteiger partial charge in [-0.25, -0.2) is 0 Å². The van der Waals surface area contributed by atoms with Crippen molar-refractivity contribution in [3.8, 4) is 11.5 Å². The number of hydrogen-bond acceptors (Lipinski definition) is 4. The van der Waals surface area contributed by atoms with Gasteiger partial charge in [-0.15, -0.1) is 0 Å². The predicted molar refractivity (Wildman–Crippen MR) is 103 cm³/mol. The molecule has 0 unspecified atom stereocenters. The van der Waals surface area contributed by atoms with Gasteiger partial charge in [-0.05, 0) is 36.4 Å². The van der Waals surface area contributed by atoms with Crippen molar-refractivity contribution in [3.63, 3.8) is 0 Å². The van der Waals surface area contributed by atoms with Gasteiger partial charge < -0.3 is 9.15 Å². The highest BCUT2D eigenvalue weighted by Crippen LogP contribution is 2.25. The van der Waals surface area contributed by atoms with Crippen LogP contribution in [0.5, 0.6) is 11.5 Å². The molecule has 26 heavy (non-hydrogen) atoms. The summed E-state index contributed by atoms with van der Waals surface area (Å²) in [6.07, 6.45) is 2.94. The Hall–Kier alpha value is -3.66. The molecule has 0 saturated heterocycles. The average molecular weight is 341 g/mol. The van der Waals surface area contributed by atoms with E-state index >= 15 is 0 Å². The second-order valence-electron chi connectivity index (χ2n) is 5.69. The Labute approximate surface area is 150 Å². The molecular formula is C22H15NO3. The molecule has 0 amide bonds. The third-order valence-corrected chi connectivity index (χ3v) is 3.86. The van der Waals surface area contributed by atoms with Crippen LogP contribution in [0.3, 0.4) is 0 Å². The van der Waals surface area contributed by atoms with Gasteiger partial charge in [-0.2, -0.15) is 0 Å². The minimum atomic E-state index is -0.104. The molecule has 0 N–H and O–H groups in total. The predicted octanol–water partition coefficient (Wildman–Crippen LogP) is 5.34. The number of aliphatic imine (C=N–C) groups is 1. The van der Waals surface area contributed by atoms with Crippen molar-refractivity contribution in [2.75, 3.05) is 0 Å². The first-order chi connectivity index (χ1) is 12.8. The summed E-state index contributed by atoms with van der Waals surface area (Å²) in [7, 11) is 0. The number of ether oxygens (including phenoxy) is 1. The summed E-state index contributed by atoms with van der Waals surface area (Å²) in [4.78, 5) is 16.9. The van der Waals surface area contributed by atoms with Gasteiger partial charge in [0.25, 0.3) is 0 Å². The summed E-state index contributed by atoms with van der Waals surface area (Å²) in [5, 5.41) is 0.539. The first-order valence-electron chi connectivity index (χ1n) is 8.17. The van der Waals surface area contributed by atoms with Crippen LogP contribution in [-0.4, -0.2) is 6.21 Å². The molecule has 1 heterocycles. The molecule has 0 saturated carbocycles. The van der Waals surface area contributed by atoms with Gasteiger partial charge in [0.05, 0.1) is 16.6 Å². The monoisotopic (exact) mass is 341 g/mol. The van der Waals surface area contributed by atoms with Gasteiger partial charge in [-0.3, -0.25) is 9.79 Å². The summed E-state index contributed by atoms with van der Waals surface area (Å²) in [6.45, 7) is 0. The number of benzene rings is 3. The highest BCUT2D eigenvalue weighted by molar-refractivity contribution is 5.87. The minimum absolute atomic E-state index is 0.104. The van der Waals surface area contributed by atoms with Gasteiger partial charge >= 0.3 is 0 Å². The zero-order valence-electron chi connectivity index (χ0n) is 13.8. The van der Waals surface area contributed by atoms with Gasteiger partial charge in [0, 0.05) is 12.3 Å². The number of para-hydroxylation sites is 2. The van der Waals surface area contributed by atoms with Gasteiger partial charge in [0.1, 0.15) is 23.3 Å². The molecule has 1 aromatic heterocycles. The SMILES string of the molecule is O=c1c(C=Nc2cccc(Oc3ccccc3)c2)coc2ccccc12. The summed E-state index contributed by atoms with van der Waals surface area (Å²) in [5.74, 6) is 1.43. The molecule has 4 nitrogen and oxygen atoms in total. The van der Waals surface area contributed by atoms with E-state index in [0.29, 0.717) is 28.0 Å². The lowest BCUT2D eigenvalue weighted by Gasteiger charge is -2.05. The zero-order valence-corrected chi connectivity index (χ0v) is 13.8. The lowest BCUT2D eigenvalue weighted by atomic mass is 10.2. The zero-order chi connectivity index (χ0) is 17.8. The summed E-state index contributed by atoms with van der Waals surface area (Å²) >= 11 is 0. The van der Waals surface area contributed by atoms with Crippen molar-refractivity contribution in [1.29, 1.82) is 0 Å². The van der Waals surface area contributed by atoms with Gasteiger partial charge in [0.15, 0.2) is 0 Å². The summed E-state index contributed by atoms with van der Waals surface area (Å²) in [5.41, 5.74) is 1.55. The summed E-state index contributed by atoms with van der Waals surface area (Å²) < 4.78 is 11.3. The standard InChI is InChI=1S/C22H15NO3/c24-22-16(15-25-21-12-5-4-11-20(21)22)14-23-17-7-6-10-19(13-17)26-18-8-2-1-3-9-18/h1-15H. The summed E-state index contributed by atoms with van der Waals surface area (Å²) in [6, 6.07) is 24.0. The maximum Gasteiger partial charge on any atom is 0.201 e. The van der Waals surface area contributed by atoms with E-state index in [1.165, 1.54) is 12.5 Å². The number of nitrogens with zero attached hydrogens (tertiary/aromatic N) is 1. The second-order valence-corrected chi connectivity index (χ2v) is 5.69. The fraction of sp³-hybridized carbons (Fsp3) is 0. The van der Waals surface area contributed by atoms with E-state index in [2.05, 4.69) is 4.99 Å². The van der Waals surface area contributed by atoms with Crippen molar-refractivity contribution in [2.45, 2.75) is 0 Å². The molecule has 126 valence electrons. The van der Waals surface area contributed by atoms with Gasteiger partial charge in [-0.1, -0.05) is 36.4 Å². The Kier molecular flexibility index (Phi) is 4.31. The van der Waals surface area contributed by atoms with Crippen LogP contribution in [0.4, 0.5) is 5.69 Å². The van der Waals surface area contributed by atoms with Crippen molar-refractivity contribution >= 4 is 22.9 Å². The molecule has 4 rings (SSSR count). The van der Waals surface area contributed by atoms with Crippen LogP contribution in [0.2, 0.25) is 0 Å². The molecule has 0 aliphatic carbocycles. The highest BCUT2D eigenvalue weighted by Gasteiger charge is 2.04. The van der Waals surface area contributed by atoms with Crippen molar-refractivity contribution in [3.05, 3.63) is 101 Å². The maximum absolute atomic E-state index is 12.5. The third kappa shape index (κ3) is 3.39. The van der Waals surface area contributed by atoms with E-state index in [1.54, 1.807) is 12.1 Å². The number of fused-ring (bicyclic) bond motifs is 1. The van der Waals surface area contributed by atoms with Crippen molar-refractivity contribution < 1.29 is 9.15 Å². The minimum Gasteiger partial charge on any atom is -0.463 e. The number of rotatable bonds is 4. The van der Waals surface area contributed by atoms with E-state index in [0.717, 1.165) is 5.75 Å². The lowest BCUT2D eigenvalue weighted by molar-refractivity contribution is 0.483. The largest absolute Gasteiger partial charge is 0.463 e. The van der Waals surface area contributed by atoms with Crippen LogP contribution >= 0.6 is 0 Å². The fourth-order valence-electron chi connectivity index (χ4n) is 2.58. The van der Waals surface area contributed by atoms with Crippen LogP contribution in [0.15, 0.2) is 99.3 Å². The molecule has 0 atom stereocenters. The first-order valence-corrected chi connectivity index (χ1v) is 8.17. The van der Waals surface area contributed by atoms with Crippen LogP contribution in [0.1, 0.15) is 5.56 Å². The Morgan fingerprint density at radius 3 is 2.50 bits per heavy atom. The molecule has 3 aromatic carbocycles. The van der Waals surface area contributed by atoms with Gasteiger partial charge in [0.2, 0.25) is 5.43 Å². The Balaban J connectivity index is 1.60. The molecule has 0 aliphatic rings.